The van der Waals surface area contributed by atoms with Crippen LogP contribution in [0.2, 0.25) is 0 Å². The van der Waals surface area contributed by atoms with Gasteiger partial charge in [-0.05, 0) is 49.6 Å². The van der Waals surface area contributed by atoms with Crippen LogP contribution in [-0.4, -0.2) is 11.5 Å². The third kappa shape index (κ3) is 3.98. The van der Waals surface area contributed by atoms with Crippen molar-refractivity contribution in [3.63, 3.8) is 0 Å². The first kappa shape index (κ1) is 13.4. The molecule has 2 N–H and O–H groups in total. The Morgan fingerprint density at radius 3 is 2.26 bits per heavy atom. The molecule has 3 nitrogen and oxygen atoms in total. The Balaban J connectivity index is 2.13. The molecule has 0 saturated carbocycles. The molecule has 0 radical (unpaired) electrons. The Labute approximate surface area is 115 Å². The van der Waals surface area contributed by atoms with Crippen molar-refractivity contribution in [3.05, 3.63) is 47.8 Å². The van der Waals surface area contributed by atoms with Crippen LogP contribution < -0.4 is 10.6 Å². The highest BCUT2D eigenvalue weighted by atomic mass is 14.9. The fourth-order valence-corrected chi connectivity index (χ4v) is 2.09. The number of nitrogens with one attached hydrogen (secondary N) is 2. The molecule has 1 heterocycles. The lowest BCUT2D eigenvalue weighted by Crippen LogP contribution is -2.01. The van der Waals surface area contributed by atoms with E-state index in [9.17, 15) is 0 Å². The van der Waals surface area contributed by atoms with Gasteiger partial charge in [0.1, 0.15) is 0 Å². The average Bonchev–Trinajstić information content (AvgIpc) is 2.35. The summed E-state index contributed by atoms with van der Waals surface area (Å²) in [5.41, 5.74) is 5.68. The molecule has 2 aromatic rings. The van der Waals surface area contributed by atoms with Gasteiger partial charge in [0.05, 0.1) is 23.8 Å². The second-order valence-corrected chi connectivity index (χ2v) is 4.89. The zero-order valence-corrected chi connectivity index (χ0v) is 11.8. The van der Waals surface area contributed by atoms with E-state index in [2.05, 4.69) is 60.7 Å². The van der Waals surface area contributed by atoms with E-state index in [4.69, 9.17) is 0 Å². The molecule has 0 saturated heterocycles. The first-order chi connectivity index (χ1) is 9.17. The van der Waals surface area contributed by atoms with E-state index >= 15 is 0 Å². The standard InChI is InChI=1S/C16H21N3/c1-4-5-18-15-9-16(11-17-10-15)19-14-7-12(2)6-13(3)8-14/h6-11,18-19H,4-5H2,1-3H3. The molecule has 2 rings (SSSR count). The molecule has 1 aromatic carbocycles. The van der Waals surface area contributed by atoms with Gasteiger partial charge in [-0.3, -0.25) is 4.98 Å². The van der Waals surface area contributed by atoms with Crippen molar-refractivity contribution < 1.29 is 0 Å². The van der Waals surface area contributed by atoms with Crippen molar-refractivity contribution in [2.24, 2.45) is 0 Å². The third-order valence-corrected chi connectivity index (χ3v) is 2.83. The van der Waals surface area contributed by atoms with Gasteiger partial charge in [-0.1, -0.05) is 13.0 Å². The number of aromatic nitrogens is 1. The lowest BCUT2D eigenvalue weighted by Gasteiger charge is -2.10. The fourth-order valence-electron chi connectivity index (χ4n) is 2.09. The summed E-state index contributed by atoms with van der Waals surface area (Å²) in [4.78, 5) is 4.25. The third-order valence-electron chi connectivity index (χ3n) is 2.83. The minimum Gasteiger partial charge on any atom is -0.384 e. The molecule has 3 heteroatoms. The number of anilines is 3. The van der Waals surface area contributed by atoms with Crippen molar-refractivity contribution in [1.82, 2.24) is 4.98 Å². The van der Waals surface area contributed by atoms with E-state index in [-0.39, 0.29) is 0 Å². The van der Waals surface area contributed by atoms with Crippen LogP contribution in [0.1, 0.15) is 24.5 Å². The maximum absolute atomic E-state index is 4.25. The molecular formula is C16H21N3. The summed E-state index contributed by atoms with van der Waals surface area (Å²) in [5, 5.41) is 6.74. The highest BCUT2D eigenvalue weighted by Gasteiger charge is 1.99. The summed E-state index contributed by atoms with van der Waals surface area (Å²) in [5.74, 6) is 0. The lowest BCUT2D eigenvalue weighted by atomic mass is 10.1. The van der Waals surface area contributed by atoms with Gasteiger partial charge in [-0.2, -0.15) is 0 Å². The number of rotatable bonds is 5. The summed E-state index contributed by atoms with van der Waals surface area (Å²) in [6.07, 6.45) is 4.80. The minimum atomic E-state index is 0.967. The summed E-state index contributed by atoms with van der Waals surface area (Å²) < 4.78 is 0. The Kier molecular flexibility index (Phi) is 4.39. The molecule has 0 fully saturated rings. The maximum atomic E-state index is 4.25. The molecule has 0 bridgehead atoms. The molecule has 0 aliphatic carbocycles. The lowest BCUT2D eigenvalue weighted by molar-refractivity contribution is 0.978. The van der Waals surface area contributed by atoms with Crippen LogP contribution in [0.25, 0.3) is 0 Å². The Bertz CT molecular complexity index is 529. The van der Waals surface area contributed by atoms with Gasteiger partial charge >= 0.3 is 0 Å². The van der Waals surface area contributed by atoms with Gasteiger partial charge in [-0.25, -0.2) is 0 Å². The summed E-state index contributed by atoms with van der Waals surface area (Å²) in [7, 11) is 0. The average molecular weight is 255 g/mol. The first-order valence-electron chi connectivity index (χ1n) is 6.71. The van der Waals surface area contributed by atoms with Crippen LogP contribution in [0.3, 0.4) is 0 Å². The second kappa shape index (κ2) is 6.23. The molecule has 0 spiro atoms. The molecule has 0 amide bonds. The zero-order valence-electron chi connectivity index (χ0n) is 11.8. The van der Waals surface area contributed by atoms with E-state index < -0.39 is 0 Å². The van der Waals surface area contributed by atoms with E-state index in [1.807, 2.05) is 12.4 Å². The van der Waals surface area contributed by atoms with Gasteiger partial charge < -0.3 is 10.6 Å². The SMILES string of the molecule is CCCNc1cncc(Nc2cc(C)cc(C)c2)c1. The molecule has 19 heavy (non-hydrogen) atoms. The smallest absolute Gasteiger partial charge is 0.0591 e. The topological polar surface area (TPSA) is 37.0 Å². The maximum Gasteiger partial charge on any atom is 0.0591 e. The second-order valence-electron chi connectivity index (χ2n) is 4.89. The number of hydrogen-bond acceptors (Lipinski definition) is 3. The molecule has 1 aromatic heterocycles. The monoisotopic (exact) mass is 255 g/mol. The summed E-state index contributed by atoms with van der Waals surface area (Å²) in [6, 6.07) is 8.53. The fraction of sp³-hybridized carbons (Fsp3) is 0.312. The normalized spacial score (nSPS) is 10.3. The van der Waals surface area contributed by atoms with Crippen LogP contribution in [0.5, 0.6) is 0 Å². The van der Waals surface area contributed by atoms with Crippen molar-refractivity contribution in [2.45, 2.75) is 27.2 Å². The van der Waals surface area contributed by atoms with Crippen LogP contribution in [0, 0.1) is 13.8 Å². The molecule has 0 aliphatic heterocycles. The van der Waals surface area contributed by atoms with Gasteiger partial charge in [-0.15, -0.1) is 0 Å². The summed E-state index contributed by atoms with van der Waals surface area (Å²) in [6.45, 7) is 7.33. The number of pyridine rings is 1. The molecule has 0 aliphatic rings. The summed E-state index contributed by atoms with van der Waals surface area (Å²) >= 11 is 0. The van der Waals surface area contributed by atoms with Crippen molar-refractivity contribution in [2.75, 3.05) is 17.2 Å². The molecule has 0 unspecified atom stereocenters. The van der Waals surface area contributed by atoms with Crippen LogP contribution >= 0.6 is 0 Å². The first-order valence-corrected chi connectivity index (χ1v) is 6.71. The number of benzene rings is 1. The Morgan fingerprint density at radius 2 is 1.58 bits per heavy atom. The van der Waals surface area contributed by atoms with E-state index in [1.165, 1.54) is 11.1 Å². The van der Waals surface area contributed by atoms with Crippen LogP contribution in [0.15, 0.2) is 36.7 Å². The van der Waals surface area contributed by atoms with Gasteiger partial charge in [0.25, 0.3) is 0 Å². The van der Waals surface area contributed by atoms with Crippen LogP contribution in [-0.2, 0) is 0 Å². The van der Waals surface area contributed by atoms with Gasteiger partial charge in [0, 0.05) is 12.2 Å². The number of hydrogen-bond donors (Lipinski definition) is 2. The van der Waals surface area contributed by atoms with E-state index in [0.29, 0.717) is 0 Å². The van der Waals surface area contributed by atoms with Gasteiger partial charge in [0.2, 0.25) is 0 Å². The zero-order chi connectivity index (χ0) is 13.7. The van der Waals surface area contributed by atoms with Crippen molar-refractivity contribution in [1.29, 1.82) is 0 Å². The Hall–Kier alpha value is -2.03. The highest BCUT2D eigenvalue weighted by molar-refractivity contribution is 5.64. The van der Waals surface area contributed by atoms with E-state index in [1.54, 1.807) is 0 Å². The highest BCUT2D eigenvalue weighted by Crippen LogP contribution is 2.21. The quantitative estimate of drug-likeness (QED) is 0.838. The number of nitrogens with zero attached hydrogens (tertiary/aromatic N) is 1. The molecule has 100 valence electrons. The van der Waals surface area contributed by atoms with Crippen molar-refractivity contribution in [3.8, 4) is 0 Å². The predicted molar refractivity (Wildman–Crippen MR) is 82.2 cm³/mol. The molecular weight excluding hydrogens is 234 g/mol. The van der Waals surface area contributed by atoms with E-state index in [0.717, 1.165) is 30.0 Å². The minimum absolute atomic E-state index is 0.967. The number of aryl methyl sites for hydroxylation is 2. The largest absolute Gasteiger partial charge is 0.384 e. The predicted octanol–water partition coefficient (Wildman–Crippen LogP) is 4.26. The van der Waals surface area contributed by atoms with Crippen LogP contribution in [0.4, 0.5) is 17.1 Å². The van der Waals surface area contributed by atoms with Gasteiger partial charge in [0.15, 0.2) is 0 Å². The van der Waals surface area contributed by atoms with Crippen molar-refractivity contribution >= 4 is 17.1 Å². The molecule has 0 atom stereocenters. The Morgan fingerprint density at radius 1 is 0.895 bits per heavy atom.